The van der Waals surface area contributed by atoms with Crippen LogP contribution in [0, 0.1) is 0 Å². The van der Waals surface area contributed by atoms with Crippen molar-refractivity contribution in [1.82, 2.24) is 9.88 Å². The third-order valence-electron chi connectivity index (χ3n) is 4.62. The predicted octanol–water partition coefficient (Wildman–Crippen LogP) is 4.51. The van der Waals surface area contributed by atoms with Gasteiger partial charge in [0.05, 0.1) is 11.6 Å². The van der Waals surface area contributed by atoms with Gasteiger partial charge in [-0.25, -0.2) is 0 Å². The summed E-state index contributed by atoms with van der Waals surface area (Å²) in [7, 11) is 0. The quantitative estimate of drug-likeness (QED) is 0.759. The molecule has 124 valence electrons. The molecule has 2 aromatic carbocycles. The van der Waals surface area contributed by atoms with E-state index >= 15 is 0 Å². The standard InChI is InChI=1S/C20H21ClN2O/c1-2-24-17-4-5-18(19(21)13-17)14-3-6-20-15(11-14)12-16-7-8-22-9-10-23(16)20/h3-6,11-13,22H,2,7-10H2,1H3. The molecular formula is C20H21ClN2O. The second-order valence-corrected chi connectivity index (χ2v) is 6.54. The van der Waals surface area contributed by atoms with Gasteiger partial charge in [-0.2, -0.15) is 0 Å². The molecule has 24 heavy (non-hydrogen) atoms. The van der Waals surface area contributed by atoms with Crippen LogP contribution in [0.5, 0.6) is 5.75 Å². The summed E-state index contributed by atoms with van der Waals surface area (Å²) in [5.41, 5.74) is 4.91. The van der Waals surface area contributed by atoms with Crippen molar-refractivity contribution >= 4 is 22.5 Å². The van der Waals surface area contributed by atoms with Crippen molar-refractivity contribution in [1.29, 1.82) is 0 Å². The first kappa shape index (κ1) is 15.6. The number of benzene rings is 2. The molecule has 0 amide bonds. The smallest absolute Gasteiger partial charge is 0.120 e. The van der Waals surface area contributed by atoms with E-state index in [0.29, 0.717) is 6.61 Å². The first-order valence-corrected chi connectivity index (χ1v) is 8.89. The lowest BCUT2D eigenvalue weighted by atomic mass is 10.0. The molecule has 1 aliphatic rings. The van der Waals surface area contributed by atoms with Gasteiger partial charge in [0.25, 0.3) is 0 Å². The Bertz CT molecular complexity index is 885. The number of halogens is 1. The Labute approximate surface area is 147 Å². The van der Waals surface area contributed by atoms with Crippen LogP contribution >= 0.6 is 11.6 Å². The van der Waals surface area contributed by atoms with Gasteiger partial charge in [-0.3, -0.25) is 0 Å². The number of hydrogen-bond donors (Lipinski definition) is 1. The fraction of sp³-hybridized carbons (Fsp3) is 0.300. The average molecular weight is 341 g/mol. The minimum absolute atomic E-state index is 0.646. The number of fused-ring (bicyclic) bond motifs is 3. The van der Waals surface area contributed by atoms with Crippen LogP contribution in [0.1, 0.15) is 12.6 Å². The Balaban J connectivity index is 1.75. The van der Waals surface area contributed by atoms with Crippen molar-refractivity contribution in [2.24, 2.45) is 0 Å². The summed E-state index contributed by atoms with van der Waals surface area (Å²) in [5, 5.41) is 5.47. The van der Waals surface area contributed by atoms with E-state index in [1.54, 1.807) is 0 Å². The predicted molar refractivity (Wildman–Crippen MR) is 100 cm³/mol. The lowest BCUT2D eigenvalue weighted by molar-refractivity contribution is 0.340. The highest BCUT2D eigenvalue weighted by Gasteiger charge is 2.13. The Kier molecular flexibility index (Phi) is 4.21. The summed E-state index contributed by atoms with van der Waals surface area (Å²) < 4.78 is 7.95. The molecule has 0 unspecified atom stereocenters. The molecule has 0 atom stereocenters. The van der Waals surface area contributed by atoms with E-state index in [2.05, 4.69) is 34.1 Å². The van der Waals surface area contributed by atoms with Gasteiger partial charge < -0.3 is 14.6 Å². The Morgan fingerprint density at radius 3 is 2.88 bits per heavy atom. The van der Waals surface area contributed by atoms with Crippen LogP contribution in [0.25, 0.3) is 22.0 Å². The van der Waals surface area contributed by atoms with Crippen molar-refractivity contribution in [2.45, 2.75) is 19.9 Å². The molecule has 0 bridgehead atoms. The van der Waals surface area contributed by atoms with E-state index in [4.69, 9.17) is 16.3 Å². The highest BCUT2D eigenvalue weighted by Crippen LogP contribution is 2.34. The molecule has 4 rings (SSSR count). The second-order valence-electron chi connectivity index (χ2n) is 6.14. The molecule has 4 heteroatoms. The Hall–Kier alpha value is -1.97. The van der Waals surface area contributed by atoms with Crippen molar-refractivity contribution in [2.75, 3.05) is 19.7 Å². The van der Waals surface area contributed by atoms with Crippen LogP contribution in [-0.2, 0) is 13.0 Å². The molecule has 0 saturated carbocycles. The second kappa shape index (κ2) is 6.50. The maximum Gasteiger partial charge on any atom is 0.120 e. The molecule has 1 N–H and O–H groups in total. The molecule has 0 radical (unpaired) electrons. The molecule has 1 aliphatic heterocycles. The maximum absolute atomic E-state index is 6.48. The highest BCUT2D eigenvalue weighted by atomic mass is 35.5. The van der Waals surface area contributed by atoms with E-state index in [9.17, 15) is 0 Å². The largest absolute Gasteiger partial charge is 0.494 e. The minimum Gasteiger partial charge on any atom is -0.494 e. The first-order chi connectivity index (χ1) is 11.8. The molecule has 0 saturated heterocycles. The summed E-state index contributed by atoms with van der Waals surface area (Å²) >= 11 is 6.48. The van der Waals surface area contributed by atoms with E-state index in [0.717, 1.165) is 48.0 Å². The van der Waals surface area contributed by atoms with Gasteiger partial charge >= 0.3 is 0 Å². The molecule has 0 fully saturated rings. The lowest BCUT2D eigenvalue weighted by Crippen LogP contribution is -2.17. The minimum atomic E-state index is 0.646. The van der Waals surface area contributed by atoms with Gasteiger partial charge in [0, 0.05) is 48.2 Å². The molecule has 3 nitrogen and oxygen atoms in total. The van der Waals surface area contributed by atoms with Crippen LogP contribution in [-0.4, -0.2) is 24.3 Å². The van der Waals surface area contributed by atoms with E-state index in [1.165, 1.54) is 16.6 Å². The van der Waals surface area contributed by atoms with Crippen LogP contribution in [0.3, 0.4) is 0 Å². The van der Waals surface area contributed by atoms with E-state index in [-0.39, 0.29) is 0 Å². The van der Waals surface area contributed by atoms with Crippen molar-refractivity contribution in [3.8, 4) is 16.9 Å². The summed E-state index contributed by atoms with van der Waals surface area (Å²) in [4.78, 5) is 0. The first-order valence-electron chi connectivity index (χ1n) is 8.52. The lowest BCUT2D eigenvalue weighted by Gasteiger charge is -2.09. The summed E-state index contributed by atoms with van der Waals surface area (Å²) in [6.07, 6.45) is 1.08. The number of rotatable bonds is 3. The molecule has 3 aromatic rings. The number of aromatic nitrogens is 1. The van der Waals surface area contributed by atoms with Crippen LogP contribution in [0.2, 0.25) is 5.02 Å². The van der Waals surface area contributed by atoms with Crippen LogP contribution < -0.4 is 10.1 Å². The topological polar surface area (TPSA) is 26.2 Å². The molecule has 2 heterocycles. The van der Waals surface area contributed by atoms with Gasteiger partial charge in [0.2, 0.25) is 0 Å². The van der Waals surface area contributed by atoms with Crippen LogP contribution in [0.15, 0.2) is 42.5 Å². The van der Waals surface area contributed by atoms with Crippen molar-refractivity contribution in [3.63, 3.8) is 0 Å². The fourth-order valence-corrected chi connectivity index (χ4v) is 3.77. The highest BCUT2D eigenvalue weighted by molar-refractivity contribution is 6.33. The van der Waals surface area contributed by atoms with Crippen molar-refractivity contribution < 1.29 is 4.74 Å². The van der Waals surface area contributed by atoms with Crippen molar-refractivity contribution in [3.05, 3.63) is 53.2 Å². The summed E-state index contributed by atoms with van der Waals surface area (Å²) in [6.45, 7) is 5.73. The SMILES string of the molecule is CCOc1ccc(-c2ccc3c(c2)cc2n3CCNCC2)c(Cl)c1. The Morgan fingerprint density at radius 1 is 1.12 bits per heavy atom. The average Bonchev–Trinajstić information content (AvgIpc) is 2.75. The van der Waals surface area contributed by atoms with Gasteiger partial charge in [-0.15, -0.1) is 0 Å². The van der Waals surface area contributed by atoms with E-state index < -0.39 is 0 Å². The van der Waals surface area contributed by atoms with Gasteiger partial charge in [-0.1, -0.05) is 17.7 Å². The van der Waals surface area contributed by atoms with Crippen LogP contribution in [0.4, 0.5) is 0 Å². The monoisotopic (exact) mass is 340 g/mol. The molecular weight excluding hydrogens is 320 g/mol. The third kappa shape index (κ3) is 2.79. The summed E-state index contributed by atoms with van der Waals surface area (Å²) in [5.74, 6) is 0.815. The van der Waals surface area contributed by atoms with Gasteiger partial charge in [0.15, 0.2) is 0 Å². The Morgan fingerprint density at radius 2 is 2.04 bits per heavy atom. The number of ether oxygens (including phenoxy) is 1. The molecule has 0 aliphatic carbocycles. The normalized spacial score (nSPS) is 14.4. The zero-order chi connectivity index (χ0) is 16.5. The zero-order valence-corrected chi connectivity index (χ0v) is 14.6. The number of nitrogens with one attached hydrogen (secondary N) is 1. The van der Waals surface area contributed by atoms with Gasteiger partial charge in [-0.05, 0) is 48.9 Å². The van der Waals surface area contributed by atoms with Gasteiger partial charge in [0.1, 0.15) is 5.75 Å². The maximum atomic E-state index is 6.48. The molecule has 0 spiro atoms. The number of hydrogen-bond acceptors (Lipinski definition) is 2. The molecule has 1 aromatic heterocycles. The number of nitrogens with zero attached hydrogens (tertiary/aromatic N) is 1. The van der Waals surface area contributed by atoms with E-state index in [1.807, 2.05) is 25.1 Å². The third-order valence-corrected chi connectivity index (χ3v) is 4.93. The summed E-state index contributed by atoms with van der Waals surface area (Å²) in [6, 6.07) is 14.8. The fourth-order valence-electron chi connectivity index (χ4n) is 3.49. The zero-order valence-electron chi connectivity index (χ0n) is 13.8.